The summed E-state index contributed by atoms with van der Waals surface area (Å²) in [4.78, 5) is 11.7. The number of imidazole rings is 1. The number of rotatable bonds is 6. The maximum absolute atomic E-state index is 11.7. The molecule has 1 heterocycles. The van der Waals surface area contributed by atoms with E-state index in [0.717, 1.165) is 0 Å². The Labute approximate surface area is 89.7 Å². The molecular formula is C10H19N3O2. The number of hydrogen-bond donors (Lipinski definition) is 1. The number of nitrogens with zero attached hydrogens (tertiary/aromatic N) is 2. The minimum absolute atomic E-state index is 0.0360. The first kappa shape index (κ1) is 12.0. The van der Waals surface area contributed by atoms with Gasteiger partial charge in [0, 0.05) is 38.6 Å². The smallest absolute Gasteiger partial charge is 0.328 e. The molecule has 0 spiro atoms. The van der Waals surface area contributed by atoms with Gasteiger partial charge in [0.2, 0.25) is 0 Å². The Bertz CT molecular complexity index is 343. The van der Waals surface area contributed by atoms with Crippen LogP contribution in [0.3, 0.4) is 0 Å². The maximum atomic E-state index is 11.7. The number of methoxy groups -OCH3 is 1. The van der Waals surface area contributed by atoms with Crippen molar-refractivity contribution < 1.29 is 4.74 Å². The Balaban J connectivity index is 2.70. The lowest BCUT2D eigenvalue weighted by atomic mass is 10.3. The minimum Gasteiger partial charge on any atom is -0.383 e. The quantitative estimate of drug-likeness (QED) is 0.718. The highest BCUT2D eigenvalue weighted by Crippen LogP contribution is 1.91. The monoisotopic (exact) mass is 213 g/mol. The molecule has 1 rings (SSSR count). The van der Waals surface area contributed by atoms with Crippen molar-refractivity contribution in [2.75, 3.05) is 20.8 Å². The van der Waals surface area contributed by atoms with Crippen molar-refractivity contribution in [3.8, 4) is 0 Å². The highest BCUT2D eigenvalue weighted by molar-refractivity contribution is 4.83. The second-order valence-electron chi connectivity index (χ2n) is 3.46. The average Bonchev–Trinajstić information content (AvgIpc) is 2.59. The first-order valence-corrected chi connectivity index (χ1v) is 5.14. The molecule has 15 heavy (non-hydrogen) atoms. The summed E-state index contributed by atoms with van der Waals surface area (Å²) in [5.74, 6) is 0. The molecule has 0 aliphatic rings. The predicted octanol–water partition coefficient (Wildman–Crippen LogP) is -0.0959. The van der Waals surface area contributed by atoms with E-state index in [1.165, 1.54) is 0 Å². The largest absolute Gasteiger partial charge is 0.383 e. The zero-order valence-corrected chi connectivity index (χ0v) is 9.56. The predicted molar refractivity (Wildman–Crippen MR) is 59.1 cm³/mol. The van der Waals surface area contributed by atoms with Crippen molar-refractivity contribution in [1.82, 2.24) is 14.5 Å². The van der Waals surface area contributed by atoms with Gasteiger partial charge in [-0.2, -0.15) is 0 Å². The van der Waals surface area contributed by atoms with E-state index >= 15 is 0 Å². The van der Waals surface area contributed by atoms with E-state index in [1.807, 2.05) is 26.4 Å². The van der Waals surface area contributed by atoms with E-state index < -0.39 is 0 Å². The van der Waals surface area contributed by atoms with Gasteiger partial charge in [0.1, 0.15) is 0 Å². The first-order valence-electron chi connectivity index (χ1n) is 5.14. The third kappa shape index (κ3) is 2.94. The summed E-state index contributed by atoms with van der Waals surface area (Å²) >= 11 is 0. The van der Waals surface area contributed by atoms with E-state index in [9.17, 15) is 4.79 Å². The van der Waals surface area contributed by atoms with Crippen molar-refractivity contribution in [2.24, 2.45) is 0 Å². The summed E-state index contributed by atoms with van der Waals surface area (Å²) in [6.07, 6.45) is 3.62. The molecule has 0 saturated heterocycles. The van der Waals surface area contributed by atoms with Gasteiger partial charge in [-0.25, -0.2) is 4.79 Å². The van der Waals surface area contributed by atoms with Crippen LogP contribution in [0.15, 0.2) is 17.2 Å². The van der Waals surface area contributed by atoms with Gasteiger partial charge in [-0.3, -0.25) is 9.13 Å². The Morgan fingerprint density at radius 3 is 2.60 bits per heavy atom. The lowest BCUT2D eigenvalue weighted by Gasteiger charge is -2.14. The van der Waals surface area contributed by atoms with E-state index in [-0.39, 0.29) is 11.7 Å². The summed E-state index contributed by atoms with van der Waals surface area (Å²) in [6, 6.07) is 0.167. The number of hydrogen-bond acceptors (Lipinski definition) is 3. The molecular weight excluding hydrogens is 194 g/mol. The van der Waals surface area contributed by atoms with Crippen molar-refractivity contribution in [1.29, 1.82) is 0 Å². The Morgan fingerprint density at radius 2 is 2.13 bits per heavy atom. The topological polar surface area (TPSA) is 48.2 Å². The lowest BCUT2D eigenvalue weighted by Crippen LogP contribution is -2.37. The zero-order valence-electron chi connectivity index (χ0n) is 9.56. The van der Waals surface area contributed by atoms with Crippen molar-refractivity contribution in [3.05, 3.63) is 22.9 Å². The van der Waals surface area contributed by atoms with Gasteiger partial charge in [-0.1, -0.05) is 0 Å². The van der Waals surface area contributed by atoms with E-state index in [1.54, 1.807) is 16.2 Å². The van der Waals surface area contributed by atoms with Gasteiger partial charge in [0.15, 0.2) is 0 Å². The SMILES string of the molecule is CCn1ccn(CC(COC)NC)c1=O. The molecule has 0 aliphatic heterocycles. The molecule has 5 heteroatoms. The lowest BCUT2D eigenvalue weighted by molar-refractivity contribution is 0.161. The van der Waals surface area contributed by atoms with Crippen LogP contribution in [0.1, 0.15) is 6.92 Å². The number of nitrogens with one attached hydrogen (secondary N) is 1. The van der Waals surface area contributed by atoms with Gasteiger partial charge in [0.25, 0.3) is 0 Å². The third-order valence-electron chi connectivity index (χ3n) is 2.45. The van der Waals surface area contributed by atoms with Crippen LogP contribution in [0.5, 0.6) is 0 Å². The maximum Gasteiger partial charge on any atom is 0.328 e. The van der Waals surface area contributed by atoms with Crippen molar-refractivity contribution >= 4 is 0 Å². The average molecular weight is 213 g/mol. The molecule has 0 saturated carbocycles. The standard InChI is InChI=1S/C10H19N3O2/c1-4-12-5-6-13(10(12)14)7-9(11-2)8-15-3/h5-6,9,11H,4,7-8H2,1-3H3. The summed E-state index contributed by atoms with van der Waals surface area (Å²) in [5, 5.41) is 3.11. The Morgan fingerprint density at radius 1 is 1.47 bits per heavy atom. The second-order valence-corrected chi connectivity index (χ2v) is 3.46. The summed E-state index contributed by atoms with van der Waals surface area (Å²) < 4.78 is 8.43. The number of likely N-dealkylation sites (N-methyl/N-ethyl adjacent to an activating group) is 1. The van der Waals surface area contributed by atoms with E-state index in [4.69, 9.17) is 4.74 Å². The highest BCUT2D eigenvalue weighted by atomic mass is 16.5. The van der Waals surface area contributed by atoms with Crippen LogP contribution in [-0.2, 0) is 17.8 Å². The van der Waals surface area contributed by atoms with Crippen LogP contribution in [0, 0.1) is 0 Å². The van der Waals surface area contributed by atoms with Gasteiger partial charge >= 0.3 is 5.69 Å². The third-order valence-corrected chi connectivity index (χ3v) is 2.45. The van der Waals surface area contributed by atoms with Crippen LogP contribution in [0.4, 0.5) is 0 Å². The molecule has 0 bridgehead atoms. The molecule has 0 fully saturated rings. The zero-order chi connectivity index (χ0) is 11.3. The molecule has 0 radical (unpaired) electrons. The molecule has 1 N–H and O–H groups in total. The van der Waals surface area contributed by atoms with Gasteiger partial charge < -0.3 is 10.1 Å². The molecule has 1 aromatic heterocycles. The molecule has 1 unspecified atom stereocenters. The van der Waals surface area contributed by atoms with Gasteiger partial charge in [-0.15, -0.1) is 0 Å². The molecule has 0 aromatic carbocycles. The Hall–Kier alpha value is -1.07. The fourth-order valence-corrected chi connectivity index (χ4v) is 1.50. The minimum atomic E-state index is 0.0360. The van der Waals surface area contributed by atoms with Crippen LogP contribution in [0.2, 0.25) is 0 Å². The molecule has 0 amide bonds. The van der Waals surface area contributed by atoms with Crippen LogP contribution in [0.25, 0.3) is 0 Å². The van der Waals surface area contributed by atoms with Gasteiger partial charge in [0.05, 0.1) is 6.61 Å². The summed E-state index contributed by atoms with van der Waals surface area (Å²) in [5.41, 5.74) is 0.0360. The van der Waals surface area contributed by atoms with Crippen LogP contribution in [-0.4, -0.2) is 35.9 Å². The van der Waals surface area contributed by atoms with Crippen molar-refractivity contribution in [3.63, 3.8) is 0 Å². The summed E-state index contributed by atoms with van der Waals surface area (Å²) in [6.45, 7) is 3.90. The van der Waals surface area contributed by atoms with Crippen molar-refractivity contribution in [2.45, 2.75) is 26.1 Å². The second kappa shape index (κ2) is 5.72. The number of aromatic nitrogens is 2. The molecule has 1 atom stereocenters. The highest BCUT2D eigenvalue weighted by Gasteiger charge is 2.09. The molecule has 1 aromatic rings. The molecule has 5 nitrogen and oxygen atoms in total. The van der Waals surface area contributed by atoms with E-state index in [2.05, 4.69) is 5.32 Å². The first-order chi connectivity index (χ1) is 7.22. The fourth-order valence-electron chi connectivity index (χ4n) is 1.50. The number of ether oxygens (including phenoxy) is 1. The summed E-state index contributed by atoms with van der Waals surface area (Å²) in [7, 11) is 3.52. The van der Waals surface area contributed by atoms with Gasteiger partial charge in [-0.05, 0) is 14.0 Å². The number of aryl methyl sites for hydroxylation is 1. The van der Waals surface area contributed by atoms with Crippen LogP contribution >= 0.6 is 0 Å². The van der Waals surface area contributed by atoms with Crippen LogP contribution < -0.4 is 11.0 Å². The van der Waals surface area contributed by atoms with E-state index in [0.29, 0.717) is 19.7 Å². The molecule has 86 valence electrons. The normalized spacial score (nSPS) is 13.0. The molecule has 0 aliphatic carbocycles. The fraction of sp³-hybridized carbons (Fsp3) is 0.700. The Kier molecular flexibility index (Phi) is 4.58.